The minimum atomic E-state index is -0.129. The summed E-state index contributed by atoms with van der Waals surface area (Å²) in [5.74, 6) is 1.95. The van der Waals surface area contributed by atoms with Crippen LogP contribution < -0.4 is 20.1 Å². The lowest BCUT2D eigenvalue weighted by Gasteiger charge is -2.25. The van der Waals surface area contributed by atoms with Crippen LogP contribution in [0.1, 0.15) is 61.0 Å². The number of nitrogens with one attached hydrogen (secondary N) is 2. The lowest BCUT2D eigenvalue weighted by molar-refractivity contribution is -0.122. The third kappa shape index (κ3) is 8.86. The van der Waals surface area contributed by atoms with E-state index in [-0.39, 0.29) is 11.8 Å². The maximum atomic E-state index is 13.3. The van der Waals surface area contributed by atoms with Crippen LogP contribution in [0.25, 0.3) is 0 Å². The van der Waals surface area contributed by atoms with E-state index in [4.69, 9.17) is 9.47 Å². The fourth-order valence-corrected chi connectivity index (χ4v) is 4.27. The lowest BCUT2D eigenvalue weighted by atomic mass is 10.0. The molecule has 0 aromatic heterocycles. The summed E-state index contributed by atoms with van der Waals surface area (Å²) in [6.45, 7) is 7.70. The first-order valence-corrected chi connectivity index (χ1v) is 13.1. The van der Waals surface area contributed by atoms with Crippen LogP contribution in [0.3, 0.4) is 0 Å². The molecule has 196 valence electrons. The van der Waals surface area contributed by atoms with Crippen molar-refractivity contribution < 1.29 is 19.1 Å². The van der Waals surface area contributed by atoms with Crippen LogP contribution in [0, 0.1) is 5.92 Å². The summed E-state index contributed by atoms with van der Waals surface area (Å²) in [7, 11) is 1.65. The van der Waals surface area contributed by atoms with Gasteiger partial charge < -0.3 is 20.1 Å². The Kier molecular flexibility index (Phi) is 11.1. The van der Waals surface area contributed by atoms with Gasteiger partial charge >= 0.3 is 0 Å². The SMILES string of the molecule is COc1cccc(CCNC(=O)c2cccc3c2CN(CCC(C)C)CC(=O)NCCCCCO3)c1. The molecule has 2 N–H and O–H groups in total. The number of hydrogen-bond donors (Lipinski definition) is 2. The Hall–Kier alpha value is -3.06. The van der Waals surface area contributed by atoms with Crippen LogP contribution in [0.4, 0.5) is 0 Å². The fourth-order valence-electron chi connectivity index (χ4n) is 4.27. The quantitative estimate of drug-likeness (QED) is 0.574. The second kappa shape index (κ2) is 14.5. The third-order valence-corrected chi connectivity index (χ3v) is 6.38. The first kappa shape index (κ1) is 27.5. The fraction of sp³-hybridized carbons (Fsp3) is 0.517. The Morgan fingerprint density at radius 1 is 1.14 bits per heavy atom. The van der Waals surface area contributed by atoms with Gasteiger partial charge in [-0.25, -0.2) is 0 Å². The minimum absolute atomic E-state index is 0.0284. The van der Waals surface area contributed by atoms with E-state index >= 15 is 0 Å². The molecule has 1 aliphatic rings. The van der Waals surface area contributed by atoms with Gasteiger partial charge in [-0.15, -0.1) is 0 Å². The zero-order valence-electron chi connectivity index (χ0n) is 22.0. The van der Waals surface area contributed by atoms with Crippen LogP contribution in [-0.4, -0.2) is 56.6 Å². The Labute approximate surface area is 215 Å². The molecule has 0 bridgehead atoms. The van der Waals surface area contributed by atoms with E-state index in [1.54, 1.807) is 7.11 Å². The average molecular weight is 496 g/mol. The second-order valence-electron chi connectivity index (χ2n) is 9.79. The Morgan fingerprint density at radius 2 is 1.97 bits per heavy atom. The number of amides is 2. The normalized spacial score (nSPS) is 15.5. The van der Waals surface area contributed by atoms with Gasteiger partial charge in [-0.3, -0.25) is 14.5 Å². The molecule has 0 radical (unpaired) electrons. The standard InChI is InChI=1S/C29H41N3O4/c1-22(2)14-17-32-20-26-25(29(34)31-16-13-23-9-7-10-24(19-23)35-3)11-8-12-27(26)36-18-6-4-5-15-30-28(33)21-32/h7-12,19,22H,4-6,13-18,20-21H2,1-3H3,(H,30,33)(H,31,34). The van der Waals surface area contributed by atoms with Gasteiger partial charge in [0, 0.05) is 30.8 Å². The van der Waals surface area contributed by atoms with E-state index in [0.29, 0.717) is 50.7 Å². The number of carbonyl (C=O) groups is 2. The Morgan fingerprint density at radius 3 is 2.78 bits per heavy atom. The smallest absolute Gasteiger partial charge is 0.251 e. The molecule has 0 saturated carbocycles. The van der Waals surface area contributed by atoms with Crippen molar-refractivity contribution in [1.29, 1.82) is 0 Å². The molecule has 0 atom stereocenters. The summed E-state index contributed by atoms with van der Waals surface area (Å²) in [4.78, 5) is 28.1. The molecular weight excluding hydrogens is 454 g/mol. The zero-order valence-corrected chi connectivity index (χ0v) is 22.0. The highest BCUT2D eigenvalue weighted by molar-refractivity contribution is 5.96. The number of nitrogens with zero attached hydrogens (tertiary/aromatic N) is 1. The molecule has 0 saturated heterocycles. The average Bonchev–Trinajstić information content (AvgIpc) is 2.88. The summed E-state index contributed by atoms with van der Waals surface area (Å²) < 4.78 is 11.5. The number of carbonyl (C=O) groups excluding carboxylic acids is 2. The molecule has 3 rings (SSSR count). The van der Waals surface area contributed by atoms with Crippen LogP contribution in [0.5, 0.6) is 11.5 Å². The van der Waals surface area contributed by atoms with Gasteiger partial charge in [-0.2, -0.15) is 0 Å². The molecule has 36 heavy (non-hydrogen) atoms. The van der Waals surface area contributed by atoms with Crippen molar-refractivity contribution in [2.75, 3.05) is 39.9 Å². The molecule has 2 aromatic carbocycles. The molecule has 7 nitrogen and oxygen atoms in total. The first-order chi connectivity index (χ1) is 17.5. The van der Waals surface area contributed by atoms with Crippen molar-refractivity contribution in [3.8, 4) is 11.5 Å². The number of hydrogen-bond acceptors (Lipinski definition) is 5. The largest absolute Gasteiger partial charge is 0.497 e. The number of fused-ring (bicyclic) bond motifs is 1. The molecular formula is C29H41N3O4. The number of methoxy groups -OCH3 is 1. The van der Waals surface area contributed by atoms with Crippen LogP contribution >= 0.6 is 0 Å². The number of rotatable bonds is 8. The molecule has 0 fully saturated rings. The van der Waals surface area contributed by atoms with E-state index in [1.807, 2.05) is 42.5 Å². The van der Waals surface area contributed by atoms with Crippen molar-refractivity contribution in [1.82, 2.24) is 15.5 Å². The molecule has 1 aliphatic heterocycles. The van der Waals surface area contributed by atoms with E-state index in [2.05, 4.69) is 29.4 Å². The van der Waals surface area contributed by atoms with Crippen LogP contribution in [0.15, 0.2) is 42.5 Å². The zero-order chi connectivity index (χ0) is 25.8. The van der Waals surface area contributed by atoms with Gasteiger partial charge in [-0.1, -0.05) is 32.0 Å². The molecule has 2 aromatic rings. The maximum Gasteiger partial charge on any atom is 0.251 e. The van der Waals surface area contributed by atoms with Gasteiger partial charge in [0.15, 0.2) is 0 Å². The van der Waals surface area contributed by atoms with Gasteiger partial charge in [0.25, 0.3) is 5.91 Å². The van der Waals surface area contributed by atoms with Gasteiger partial charge in [0.2, 0.25) is 5.91 Å². The summed E-state index contributed by atoms with van der Waals surface area (Å²) >= 11 is 0. The highest BCUT2D eigenvalue weighted by atomic mass is 16.5. The number of ether oxygens (including phenoxy) is 2. The van der Waals surface area contributed by atoms with Gasteiger partial charge in [0.05, 0.1) is 20.3 Å². The molecule has 2 amide bonds. The monoisotopic (exact) mass is 495 g/mol. The highest BCUT2D eigenvalue weighted by Gasteiger charge is 2.21. The third-order valence-electron chi connectivity index (χ3n) is 6.38. The van der Waals surface area contributed by atoms with Crippen molar-refractivity contribution in [2.45, 2.75) is 52.5 Å². The Bertz CT molecular complexity index is 992. The van der Waals surface area contributed by atoms with E-state index in [1.165, 1.54) is 0 Å². The van der Waals surface area contributed by atoms with Crippen molar-refractivity contribution in [3.05, 3.63) is 59.2 Å². The summed E-state index contributed by atoms with van der Waals surface area (Å²) in [6.07, 6.45) is 4.50. The maximum absolute atomic E-state index is 13.3. The van der Waals surface area contributed by atoms with E-state index in [0.717, 1.165) is 54.9 Å². The summed E-state index contributed by atoms with van der Waals surface area (Å²) in [5, 5.41) is 6.11. The molecule has 0 aliphatic carbocycles. The van der Waals surface area contributed by atoms with Crippen molar-refractivity contribution >= 4 is 11.8 Å². The van der Waals surface area contributed by atoms with Crippen molar-refractivity contribution in [3.63, 3.8) is 0 Å². The van der Waals surface area contributed by atoms with Crippen molar-refractivity contribution in [2.24, 2.45) is 5.92 Å². The summed E-state index contributed by atoms with van der Waals surface area (Å²) in [6, 6.07) is 13.5. The van der Waals surface area contributed by atoms with Gasteiger partial charge in [-0.05, 0) is 74.4 Å². The molecule has 7 heteroatoms. The Balaban J connectivity index is 1.78. The molecule has 0 unspecified atom stereocenters. The predicted octanol–water partition coefficient (Wildman–Crippen LogP) is 4.19. The topological polar surface area (TPSA) is 79.9 Å². The predicted molar refractivity (Wildman–Crippen MR) is 143 cm³/mol. The van der Waals surface area contributed by atoms with Crippen LogP contribution in [0.2, 0.25) is 0 Å². The highest BCUT2D eigenvalue weighted by Crippen LogP contribution is 2.26. The van der Waals surface area contributed by atoms with E-state index in [9.17, 15) is 9.59 Å². The minimum Gasteiger partial charge on any atom is -0.497 e. The van der Waals surface area contributed by atoms with E-state index < -0.39 is 0 Å². The lowest BCUT2D eigenvalue weighted by Crippen LogP contribution is -2.38. The summed E-state index contributed by atoms with van der Waals surface area (Å²) in [5.41, 5.74) is 2.54. The molecule has 0 spiro atoms. The number of benzene rings is 2. The second-order valence-corrected chi connectivity index (χ2v) is 9.79. The molecule has 1 heterocycles. The van der Waals surface area contributed by atoms with Gasteiger partial charge in [0.1, 0.15) is 11.5 Å². The van der Waals surface area contributed by atoms with Crippen LogP contribution in [-0.2, 0) is 17.8 Å². The first-order valence-electron chi connectivity index (χ1n) is 13.1.